The van der Waals surface area contributed by atoms with Crippen molar-refractivity contribution >= 4 is 11.6 Å². The minimum absolute atomic E-state index is 0.166. The predicted octanol–water partition coefficient (Wildman–Crippen LogP) is 3.09. The van der Waals surface area contributed by atoms with E-state index in [0.29, 0.717) is 28.5 Å². The van der Waals surface area contributed by atoms with E-state index in [2.05, 4.69) is 10.3 Å². The first-order valence-electron chi connectivity index (χ1n) is 7.30. The largest absolute Gasteiger partial charge is 0.495 e. The fraction of sp³-hybridized carbons (Fsp3) is 0.111. The molecule has 2 N–H and O–H groups in total. The van der Waals surface area contributed by atoms with Gasteiger partial charge in [0.15, 0.2) is 0 Å². The number of nitrogens with zero attached hydrogens (tertiary/aromatic N) is 1. The number of hydrogen-bond acceptors (Lipinski definition) is 5. The lowest BCUT2D eigenvalue weighted by Crippen LogP contribution is -2.12. The zero-order valence-electron chi connectivity index (χ0n) is 13.0. The van der Waals surface area contributed by atoms with Crippen molar-refractivity contribution in [2.45, 2.75) is 6.61 Å². The number of furan rings is 1. The van der Waals surface area contributed by atoms with Gasteiger partial charge in [-0.3, -0.25) is 9.78 Å². The number of methoxy groups -OCH3 is 1. The Morgan fingerprint density at radius 1 is 1.29 bits per heavy atom. The summed E-state index contributed by atoms with van der Waals surface area (Å²) >= 11 is 0. The highest BCUT2D eigenvalue weighted by molar-refractivity contribution is 6.05. The monoisotopic (exact) mass is 324 g/mol. The highest BCUT2D eigenvalue weighted by atomic mass is 16.5. The van der Waals surface area contributed by atoms with Crippen LogP contribution >= 0.6 is 0 Å². The predicted molar refractivity (Wildman–Crippen MR) is 88.8 cm³/mol. The Labute approximate surface area is 138 Å². The first kappa shape index (κ1) is 15.8. The van der Waals surface area contributed by atoms with Crippen LogP contribution < -0.4 is 10.1 Å². The Balaban J connectivity index is 1.91. The third-order valence-electron chi connectivity index (χ3n) is 3.47. The van der Waals surface area contributed by atoms with Gasteiger partial charge in [-0.1, -0.05) is 0 Å². The summed E-state index contributed by atoms with van der Waals surface area (Å²) in [4.78, 5) is 16.3. The van der Waals surface area contributed by atoms with Crippen molar-refractivity contribution in [2.24, 2.45) is 0 Å². The molecule has 0 aliphatic heterocycles. The zero-order chi connectivity index (χ0) is 16.9. The van der Waals surface area contributed by atoms with E-state index in [0.717, 1.165) is 5.56 Å². The first-order valence-corrected chi connectivity index (χ1v) is 7.30. The third-order valence-corrected chi connectivity index (χ3v) is 3.47. The maximum atomic E-state index is 12.3. The van der Waals surface area contributed by atoms with Crippen molar-refractivity contribution in [1.29, 1.82) is 0 Å². The van der Waals surface area contributed by atoms with Crippen LogP contribution in [0.1, 0.15) is 16.1 Å². The van der Waals surface area contributed by atoms with Gasteiger partial charge in [-0.15, -0.1) is 0 Å². The minimum Gasteiger partial charge on any atom is -0.495 e. The molecule has 0 atom stereocenters. The van der Waals surface area contributed by atoms with Crippen LogP contribution in [-0.2, 0) is 6.61 Å². The minimum atomic E-state index is -0.283. The molecule has 6 heteroatoms. The SMILES string of the molecule is COc1ccc(-c2ccc(CO)o2)cc1NC(=O)c1cccnc1. The van der Waals surface area contributed by atoms with Gasteiger partial charge in [-0.05, 0) is 42.5 Å². The summed E-state index contributed by atoms with van der Waals surface area (Å²) in [5.41, 5.74) is 1.73. The third kappa shape index (κ3) is 3.28. The Kier molecular flexibility index (Phi) is 4.58. The number of aliphatic hydroxyl groups excluding tert-OH is 1. The quantitative estimate of drug-likeness (QED) is 0.753. The Morgan fingerprint density at radius 3 is 2.83 bits per heavy atom. The van der Waals surface area contributed by atoms with Crippen molar-refractivity contribution in [2.75, 3.05) is 12.4 Å². The van der Waals surface area contributed by atoms with E-state index in [4.69, 9.17) is 14.3 Å². The molecule has 3 aromatic rings. The summed E-state index contributed by atoms with van der Waals surface area (Å²) in [6.07, 6.45) is 3.10. The van der Waals surface area contributed by atoms with Crippen LogP contribution in [0.3, 0.4) is 0 Å². The van der Waals surface area contributed by atoms with Gasteiger partial charge in [0.1, 0.15) is 23.9 Å². The molecular formula is C18H16N2O4. The van der Waals surface area contributed by atoms with Gasteiger partial charge in [0.25, 0.3) is 5.91 Å². The Hall–Kier alpha value is -3.12. The number of amides is 1. The summed E-state index contributed by atoms with van der Waals surface area (Å²) in [6, 6.07) is 12.2. The normalized spacial score (nSPS) is 10.4. The van der Waals surface area contributed by atoms with E-state index >= 15 is 0 Å². The number of carbonyl (C=O) groups is 1. The zero-order valence-corrected chi connectivity index (χ0v) is 13.0. The lowest BCUT2D eigenvalue weighted by molar-refractivity contribution is 0.102. The molecule has 122 valence electrons. The second kappa shape index (κ2) is 6.97. The van der Waals surface area contributed by atoms with Crippen LogP contribution in [0.5, 0.6) is 5.75 Å². The smallest absolute Gasteiger partial charge is 0.257 e. The fourth-order valence-electron chi connectivity index (χ4n) is 2.27. The number of nitrogens with one attached hydrogen (secondary N) is 1. The summed E-state index contributed by atoms with van der Waals surface area (Å²) in [5.74, 6) is 1.32. The maximum Gasteiger partial charge on any atom is 0.257 e. The van der Waals surface area contributed by atoms with Crippen molar-refractivity contribution in [3.63, 3.8) is 0 Å². The molecular weight excluding hydrogens is 308 g/mol. The summed E-state index contributed by atoms with van der Waals surface area (Å²) < 4.78 is 10.8. The second-order valence-corrected chi connectivity index (χ2v) is 5.03. The van der Waals surface area contributed by atoms with E-state index in [-0.39, 0.29) is 12.5 Å². The number of hydrogen-bond donors (Lipinski definition) is 2. The average molecular weight is 324 g/mol. The maximum absolute atomic E-state index is 12.3. The number of aromatic nitrogens is 1. The molecule has 0 spiro atoms. The van der Waals surface area contributed by atoms with E-state index < -0.39 is 0 Å². The summed E-state index contributed by atoms with van der Waals surface area (Å²) in [6.45, 7) is -0.166. The van der Waals surface area contributed by atoms with Gasteiger partial charge >= 0.3 is 0 Å². The van der Waals surface area contributed by atoms with Crippen LogP contribution in [0, 0.1) is 0 Å². The topological polar surface area (TPSA) is 84.6 Å². The molecule has 6 nitrogen and oxygen atoms in total. The molecule has 0 saturated heterocycles. The number of carbonyl (C=O) groups excluding carboxylic acids is 1. The standard InChI is InChI=1S/C18H16N2O4/c1-23-17-6-4-12(16-7-5-14(11-21)24-16)9-15(17)20-18(22)13-3-2-8-19-10-13/h2-10,21H,11H2,1H3,(H,20,22). The van der Waals surface area contributed by atoms with Crippen LogP contribution in [0.25, 0.3) is 11.3 Å². The van der Waals surface area contributed by atoms with E-state index in [1.54, 1.807) is 42.6 Å². The molecule has 1 aromatic carbocycles. The Morgan fingerprint density at radius 2 is 2.17 bits per heavy atom. The molecule has 0 bridgehead atoms. The molecule has 0 saturated carbocycles. The van der Waals surface area contributed by atoms with Gasteiger partial charge in [-0.25, -0.2) is 0 Å². The van der Waals surface area contributed by atoms with E-state index in [9.17, 15) is 4.79 Å². The van der Waals surface area contributed by atoms with Crippen molar-refractivity contribution in [3.8, 4) is 17.1 Å². The van der Waals surface area contributed by atoms with Gasteiger partial charge in [0.05, 0.1) is 18.4 Å². The molecule has 0 fully saturated rings. The van der Waals surface area contributed by atoms with Crippen LogP contribution in [-0.4, -0.2) is 23.1 Å². The summed E-state index contributed by atoms with van der Waals surface area (Å²) in [7, 11) is 1.53. The number of benzene rings is 1. The van der Waals surface area contributed by atoms with Gasteiger partial charge in [0.2, 0.25) is 0 Å². The van der Waals surface area contributed by atoms with Crippen molar-refractivity contribution < 1.29 is 19.1 Å². The van der Waals surface area contributed by atoms with E-state index in [1.807, 2.05) is 6.07 Å². The lowest BCUT2D eigenvalue weighted by atomic mass is 10.1. The van der Waals surface area contributed by atoms with Crippen molar-refractivity contribution in [3.05, 3.63) is 66.2 Å². The number of aliphatic hydroxyl groups is 1. The molecule has 0 radical (unpaired) electrons. The second-order valence-electron chi connectivity index (χ2n) is 5.03. The van der Waals surface area contributed by atoms with Gasteiger partial charge < -0.3 is 19.6 Å². The molecule has 0 aliphatic rings. The number of anilines is 1. The number of rotatable bonds is 5. The highest BCUT2D eigenvalue weighted by Gasteiger charge is 2.13. The van der Waals surface area contributed by atoms with Gasteiger partial charge in [-0.2, -0.15) is 0 Å². The van der Waals surface area contributed by atoms with Gasteiger partial charge in [0, 0.05) is 18.0 Å². The number of pyridine rings is 1. The summed E-state index contributed by atoms with van der Waals surface area (Å²) in [5, 5.41) is 11.9. The van der Waals surface area contributed by atoms with Crippen LogP contribution in [0.15, 0.2) is 59.3 Å². The molecule has 0 aliphatic carbocycles. The van der Waals surface area contributed by atoms with Crippen LogP contribution in [0.4, 0.5) is 5.69 Å². The lowest BCUT2D eigenvalue weighted by Gasteiger charge is -2.11. The Bertz CT molecular complexity index is 843. The molecule has 2 heterocycles. The van der Waals surface area contributed by atoms with Crippen molar-refractivity contribution in [1.82, 2.24) is 4.98 Å². The molecule has 24 heavy (non-hydrogen) atoms. The van der Waals surface area contributed by atoms with Crippen LogP contribution in [0.2, 0.25) is 0 Å². The molecule has 3 rings (SSSR count). The molecule has 0 unspecified atom stereocenters. The fourth-order valence-corrected chi connectivity index (χ4v) is 2.27. The molecule has 2 aromatic heterocycles. The number of ether oxygens (including phenoxy) is 1. The average Bonchev–Trinajstić information content (AvgIpc) is 3.11. The highest BCUT2D eigenvalue weighted by Crippen LogP contribution is 2.31. The molecule has 1 amide bonds. The first-order chi connectivity index (χ1) is 11.7. The van der Waals surface area contributed by atoms with E-state index in [1.165, 1.54) is 13.3 Å².